The number of rotatable bonds is 5. The van der Waals surface area contributed by atoms with Gasteiger partial charge in [0.1, 0.15) is 0 Å². The van der Waals surface area contributed by atoms with Crippen LogP contribution < -0.4 is 0 Å². The molecule has 0 aromatic carbocycles. The predicted molar refractivity (Wildman–Crippen MR) is 78.9 cm³/mol. The molecule has 0 N–H and O–H groups in total. The fourth-order valence-electron chi connectivity index (χ4n) is 4.54. The molecular formula is C15H26N2O4-2. The van der Waals surface area contributed by atoms with Gasteiger partial charge in [0.15, 0.2) is 0 Å². The lowest BCUT2D eigenvalue weighted by atomic mass is 9.91. The van der Waals surface area contributed by atoms with Gasteiger partial charge in [-0.15, -0.1) is 0 Å². The number of fused-ring (bicyclic) bond motifs is 2. The van der Waals surface area contributed by atoms with Crippen molar-refractivity contribution in [2.45, 2.75) is 69.2 Å². The van der Waals surface area contributed by atoms with Gasteiger partial charge in [-0.3, -0.25) is 5.23 Å². The third-order valence-electron chi connectivity index (χ3n) is 5.69. The Morgan fingerprint density at radius 2 is 1.52 bits per heavy atom. The lowest BCUT2D eigenvalue weighted by Crippen LogP contribution is -2.46. The lowest BCUT2D eigenvalue weighted by Gasteiger charge is -2.46. The second-order valence-electron chi connectivity index (χ2n) is 6.94. The molecule has 3 rings (SSSR count). The molecule has 0 aromatic rings. The highest BCUT2D eigenvalue weighted by Gasteiger charge is 2.47. The molecule has 2 bridgehead atoms. The molecule has 122 valence electrons. The quantitative estimate of drug-likeness (QED) is 0.725. The van der Waals surface area contributed by atoms with Gasteiger partial charge in [0.25, 0.3) is 0 Å². The summed E-state index contributed by atoms with van der Waals surface area (Å²) >= 11 is 0. The first-order valence-corrected chi connectivity index (χ1v) is 8.14. The highest BCUT2D eigenvalue weighted by molar-refractivity contribution is 5.02. The van der Waals surface area contributed by atoms with Gasteiger partial charge < -0.3 is 25.1 Å². The van der Waals surface area contributed by atoms with Crippen LogP contribution in [-0.4, -0.2) is 48.7 Å². The standard InChI is InChI=1S/C15H26N2O4/c1-16(18)14-8-10-7-13(14)15(9-10)17(19)21-12-5-3-11(20-2)4-6-12/h10-15H,3-9H2,1-2H3/q-2. The van der Waals surface area contributed by atoms with E-state index in [4.69, 9.17) is 9.57 Å². The Hall–Kier alpha value is -0.240. The first-order valence-electron chi connectivity index (χ1n) is 8.14. The summed E-state index contributed by atoms with van der Waals surface area (Å²) in [6.07, 6.45) is 6.81. The molecule has 4 unspecified atom stereocenters. The summed E-state index contributed by atoms with van der Waals surface area (Å²) in [6.45, 7) is 0. The summed E-state index contributed by atoms with van der Waals surface area (Å²) in [6, 6.07) is -0.136. The first-order chi connectivity index (χ1) is 10.1. The van der Waals surface area contributed by atoms with E-state index in [1.165, 1.54) is 0 Å². The van der Waals surface area contributed by atoms with Gasteiger partial charge in [-0.05, 0) is 63.8 Å². The normalized spacial score (nSPS) is 43.1. The minimum atomic E-state index is -0.134. The smallest absolute Gasteiger partial charge is 0.0783 e. The summed E-state index contributed by atoms with van der Waals surface area (Å²) in [5.41, 5.74) is 0. The molecule has 3 saturated carbocycles. The topological polar surface area (TPSA) is 71.1 Å². The maximum absolute atomic E-state index is 12.4. The molecule has 3 aliphatic rings. The Morgan fingerprint density at radius 1 is 0.905 bits per heavy atom. The summed E-state index contributed by atoms with van der Waals surface area (Å²) in [5.74, 6) is 0.691. The van der Waals surface area contributed by atoms with E-state index in [9.17, 15) is 10.4 Å². The third-order valence-corrected chi connectivity index (χ3v) is 5.69. The van der Waals surface area contributed by atoms with E-state index >= 15 is 0 Å². The van der Waals surface area contributed by atoms with Crippen LogP contribution in [-0.2, 0) is 9.57 Å². The Balaban J connectivity index is 1.51. The summed E-state index contributed by atoms with van der Waals surface area (Å²) < 4.78 is 5.34. The fourth-order valence-corrected chi connectivity index (χ4v) is 4.54. The maximum Gasteiger partial charge on any atom is 0.0783 e. The zero-order valence-corrected chi connectivity index (χ0v) is 12.9. The Bertz CT molecular complexity index is 347. The van der Waals surface area contributed by atoms with Crippen LogP contribution in [0.25, 0.3) is 0 Å². The number of hydrogen-bond donors (Lipinski definition) is 0. The van der Waals surface area contributed by atoms with E-state index in [-0.39, 0.29) is 24.1 Å². The van der Waals surface area contributed by atoms with Gasteiger partial charge in [0, 0.05) is 19.2 Å². The molecule has 0 aliphatic heterocycles. The van der Waals surface area contributed by atoms with E-state index in [2.05, 4.69) is 0 Å². The number of methoxy groups -OCH3 is 1. The van der Waals surface area contributed by atoms with E-state index in [1.807, 2.05) is 0 Å². The van der Waals surface area contributed by atoms with Crippen LogP contribution in [0, 0.1) is 22.3 Å². The van der Waals surface area contributed by atoms with E-state index in [0.717, 1.165) is 55.2 Å². The van der Waals surface area contributed by atoms with Crippen molar-refractivity contribution in [1.82, 2.24) is 10.3 Å². The monoisotopic (exact) mass is 298 g/mol. The molecule has 6 heteroatoms. The van der Waals surface area contributed by atoms with Crippen molar-refractivity contribution in [3.05, 3.63) is 10.4 Å². The van der Waals surface area contributed by atoms with Crippen LogP contribution in [0.3, 0.4) is 0 Å². The molecule has 0 spiro atoms. The Morgan fingerprint density at radius 3 is 2.10 bits per heavy atom. The van der Waals surface area contributed by atoms with Gasteiger partial charge in [0.2, 0.25) is 0 Å². The van der Waals surface area contributed by atoms with Gasteiger partial charge in [-0.25, -0.2) is 0 Å². The van der Waals surface area contributed by atoms with Crippen molar-refractivity contribution < 1.29 is 9.57 Å². The van der Waals surface area contributed by atoms with Crippen molar-refractivity contribution in [1.29, 1.82) is 0 Å². The van der Waals surface area contributed by atoms with Gasteiger partial charge in [-0.1, -0.05) is 0 Å². The second-order valence-corrected chi connectivity index (χ2v) is 6.94. The fraction of sp³-hybridized carbons (Fsp3) is 1.00. The summed E-state index contributed by atoms with van der Waals surface area (Å²) in [5, 5.41) is 25.8. The second kappa shape index (κ2) is 6.48. The van der Waals surface area contributed by atoms with Crippen LogP contribution >= 0.6 is 0 Å². The van der Waals surface area contributed by atoms with Crippen molar-refractivity contribution in [2.75, 3.05) is 14.2 Å². The van der Waals surface area contributed by atoms with Crippen LogP contribution in [0.15, 0.2) is 0 Å². The van der Waals surface area contributed by atoms with Crippen molar-refractivity contribution >= 4 is 0 Å². The summed E-state index contributed by atoms with van der Waals surface area (Å²) in [7, 11) is 3.31. The molecule has 6 nitrogen and oxygen atoms in total. The molecule has 0 saturated heterocycles. The van der Waals surface area contributed by atoms with Crippen LogP contribution in [0.1, 0.15) is 44.9 Å². The predicted octanol–water partition coefficient (Wildman–Crippen LogP) is 2.27. The van der Waals surface area contributed by atoms with Gasteiger partial charge in [0.05, 0.1) is 12.2 Å². The SMILES string of the molecule is COC1CCC(ON([O-])C2CC3CC2C(N(C)[O-])C3)CC1. The molecule has 3 aliphatic carbocycles. The Labute approximate surface area is 126 Å². The molecule has 0 aromatic heterocycles. The molecule has 0 radical (unpaired) electrons. The van der Waals surface area contributed by atoms with Crippen molar-refractivity contribution in [3.63, 3.8) is 0 Å². The van der Waals surface area contributed by atoms with E-state index in [0.29, 0.717) is 12.0 Å². The number of hydrogen-bond acceptors (Lipinski definition) is 6. The van der Waals surface area contributed by atoms with Crippen molar-refractivity contribution in [3.8, 4) is 0 Å². The third kappa shape index (κ3) is 3.25. The number of hydroxylamine groups is 4. The molecule has 3 fully saturated rings. The first kappa shape index (κ1) is 15.6. The number of nitrogens with zero attached hydrogens (tertiary/aromatic N) is 2. The zero-order valence-electron chi connectivity index (χ0n) is 12.9. The minimum Gasteiger partial charge on any atom is -0.785 e. The highest BCUT2D eigenvalue weighted by atomic mass is 16.9. The van der Waals surface area contributed by atoms with Gasteiger partial charge in [-0.2, -0.15) is 0 Å². The molecule has 0 heterocycles. The average molecular weight is 298 g/mol. The Kier molecular flexibility index (Phi) is 4.83. The van der Waals surface area contributed by atoms with Crippen LogP contribution in [0.5, 0.6) is 0 Å². The van der Waals surface area contributed by atoms with Gasteiger partial charge >= 0.3 is 0 Å². The largest absolute Gasteiger partial charge is 0.785 e. The molecule has 4 atom stereocenters. The van der Waals surface area contributed by atoms with Crippen LogP contribution in [0.2, 0.25) is 0 Å². The highest BCUT2D eigenvalue weighted by Crippen LogP contribution is 2.48. The van der Waals surface area contributed by atoms with Crippen LogP contribution in [0.4, 0.5) is 0 Å². The maximum atomic E-state index is 12.4. The lowest BCUT2D eigenvalue weighted by molar-refractivity contribution is -0.210. The molecule has 0 amide bonds. The van der Waals surface area contributed by atoms with E-state index in [1.54, 1.807) is 14.2 Å². The average Bonchev–Trinajstić information content (AvgIpc) is 3.08. The zero-order chi connectivity index (χ0) is 15.0. The van der Waals surface area contributed by atoms with Crippen molar-refractivity contribution in [2.24, 2.45) is 11.8 Å². The minimum absolute atomic E-state index is 0.00183. The number of ether oxygens (including phenoxy) is 1. The van der Waals surface area contributed by atoms with E-state index < -0.39 is 0 Å². The molecule has 21 heavy (non-hydrogen) atoms. The molecular weight excluding hydrogens is 272 g/mol. The summed E-state index contributed by atoms with van der Waals surface area (Å²) in [4.78, 5) is 5.65.